The number of rotatable bonds is 4. The molecule has 2 N–H and O–H groups in total. The summed E-state index contributed by atoms with van der Waals surface area (Å²) in [5.41, 5.74) is 0.407. The molecule has 2 saturated heterocycles. The second kappa shape index (κ2) is 6.59. The number of imide groups is 1. The molecule has 0 bridgehead atoms. The molecule has 28 heavy (non-hydrogen) atoms. The average molecular weight is 400 g/mol. The summed E-state index contributed by atoms with van der Waals surface area (Å²) in [6, 6.07) is 7.37. The first-order valence-corrected chi connectivity index (χ1v) is 11.5. The van der Waals surface area contributed by atoms with Gasteiger partial charge >= 0.3 is 0 Å². The van der Waals surface area contributed by atoms with Crippen molar-refractivity contribution in [3.63, 3.8) is 0 Å². The molecule has 148 valence electrons. The van der Waals surface area contributed by atoms with Crippen molar-refractivity contribution in [2.24, 2.45) is 11.8 Å². The quantitative estimate of drug-likeness (QED) is 0.758. The van der Waals surface area contributed by atoms with Crippen LogP contribution in [0.1, 0.15) is 37.7 Å². The van der Waals surface area contributed by atoms with E-state index >= 15 is 0 Å². The van der Waals surface area contributed by atoms with E-state index in [0.717, 1.165) is 49.1 Å². The van der Waals surface area contributed by atoms with Gasteiger partial charge < -0.3 is 5.32 Å². The summed E-state index contributed by atoms with van der Waals surface area (Å²) in [6.07, 6.45) is 6.67. The first-order valence-electron chi connectivity index (χ1n) is 10.1. The molecule has 3 heterocycles. The fourth-order valence-corrected chi connectivity index (χ4v) is 6.29. The van der Waals surface area contributed by atoms with Crippen LogP contribution >= 0.6 is 11.8 Å². The molecule has 1 aromatic carbocycles. The summed E-state index contributed by atoms with van der Waals surface area (Å²) in [6.45, 7) is 0. The fourth-order valence-electron chi connectivity index (χ4n) is 5.80. The Morgan fingerprint density at radius 3 is 2.64 bits per heavy atom. The van der Waals surface area contributed by atoms with Crippen molar-refractivity contribution < 1.29 is 14.4 Å². The van der Waals surface area contributed by atoms with Crippen molar-refractivity contribution in [2.75, 3.05) is 17.3 Å². The van der Waals surface area contributed by atoms with Crippen LogP contribution in [-0.4, -0.2) is 46.7 Å². The molecule has 5 rings (SSSR count). The third-order valence-corrected chi connectivity index (χ3v) is 7.62. The zero-order valence-electron chi connectivity index (χ0n) is 15.9. The fraction of sp³-hybridized carbons (Fsp3) is 0.571. The van der Waals surface area contributed by atoms with Crippen LogP contribution in [0.3, 0.4) is 0 Å². The van der Waals surface area contributed by atoms with Gasteiger partial charge in [0.15, 0.2) is 0 Å². The zero-order valence-corrected chi connectivity index (χ0v) is 16.8. The van der Waals surface area contributed by atoms with E-state index in [1.165, 1.54) is 4.90 Å². The summed E-state index contributed by atoms with van der Waals surface area (Å²) >= 11 is 1.72. The Hall–Kier alpha value is -1.86. The molecule has 3 amide bonds. The van der Waals surface area contributed by atoms with Crippen LogP contribution in [0.5, 0.6) is 0 Å². The molecular weight excluding hydrogens is 374 g/mol. The molecule has 1 saturated carbocycles. The van der Waals surface area contributed by atoms with E-state index in [4.69, 9.17) is 0 Å². The molecule has 0 unspecified atom stereocenters. The normalized spacial score (nSPS) is 34.4. The Morgan fingerprint density at radius 1 is 1.14 bits per heavy atom. The van der Waals surface area contributed by atoms with Crippen LogP contribution in [0.4, 0.5) is 5.69 Å². The summed E-state index contributed by atoms with van der Waals surface area (Å²) in [4.78, 5) is 41.8. The van der Waals surface area contributed by atoms with E-state index in [1.54, 1.807) is 11.8 Å². The molecule has 1 aliphatic carbocycles. The van der Waals surface area contributed by atoms with E-state index in [1.807, 2.05) is 30.5 Å². The minimum Gasteiger partial charge on any atom is -0.324 e. The van der Waals surface area contributed by atoms with E-state index in [0.29, 0.717) is 0 Å². The molecule has 7 heteroatoms. The Morgan fingerprint density at radius 2 is 1.89 bits per heavy atom. The lowest BCUT2D eigenvalue weighted by molar-refractivity contribution is -0.145. The number of thioether (sulfide) groups is 1. The zero-order chi connectivity index (χ0) is 19.5. The van der Waals surface area contributed by atoms with Gasteiger partial charge in [-0.2, -0.15) is 11.8 Å². The molecule has 0 radical (unpaired) electrons. The predicted octanol–water partition coefficient (Wildman–Crippen LogP) is 2.10. The molecule has 1 spiro atoms. The Kier molecular flexibility index (Phi) is 4.28. The van der Waals surface area contributed by atoms with Crippen molar-refractivity contribution in [1.82, 2.24) is 10.2 Å². The molecule has 6 nitrogen and oxygen atoms in total. The number of benzene rings is 1. The largest absolute Gasteiger partial charge is 0.324 e. The third-order valence-electron chi connectivity index (χ3n) is 6.98. The summed E-state index contributed by atoms with van der Waals surface area (Å²) in [5, 5.41) is 6.44. The van der Waals surface area contributed by atoms with E-state index in [2.05, 4.69) is 10.6 Å². The molecule has 4 atom stereocenters. The number of nitrogens with zero attached hydrogens (tertiary/aromatic N) is 1. The minimum atomic E-state index is -1.13. The van der Waals surface area contributed by atoms with Crippen LogP contribution in [0.25, 0.3) is 0 Å². The van der Waals surface area contributed by atoms with Gasteiger partial charge in [0.2, 0.25) is 17.7 Å². The maximum atomic E-state index is 13.6. The number of para-hydroxylation sites is 1. The number of carbonyl (C=O) groups excluding carboxylic acids is 3. The number of carbonyl (C=O) groups is 3. The Bertz CT molecular complexity index is 853. The lowest BCUT2D eigenvalue weighted by Crippen LogP contribution is -2.54. The topological polar surface area (TPSA) is 78.5 Å². The van der Waals surface area contributed by atoms with Crippen LogP contribution in [0, 0.1) is 11.8 Å². The van der Waals surface area contributed by atoms with Crippen LogP contribution < -0.4 is 10.6 Å². The number of amides is 3. The van der Waals surface area contributed by atoms with Crippen LogP contribution in [0.2, 0.25) is 0 Å². The van der Waals surface area contributed by atoms with Gasteiger partial charge in [-0.25, -0.2) is 0 Å². The minimum absolute atomic E-state index is 0.00329. The van der Waals surface area contributed by atoms with Crippen LogP contribution in [0.15, 0.2) is 24.3 Å². The molecular formula is C21H25N3O3S. The molecule has 1 aromatic rings. The molecule has 0 aromatic heterocycles. The summed E-state index contributed by atoms with van der Waals surface area (Å²) in [5.74, 6) is -0.675. The molecule has 3 aliphatic heterocycles. The van der Waals surface area contributed by atoms with Gasteiger partial charge in [0.1, 0.15) is 5.54 Å². The number of nitrogens with one attached hydrogen (secondary N) is 2. The van der Waals surface area contributed by atoms with Gasteiger partial charge in [0.25, 0.3) is 0 Å². The number of hydrogen-bond donors (Lipinski definition) is 2. The van der Waals surface area contributed by atoms with E-state index in [9.17, 15) is 14.4 Å². The highest BCUT2D eigenvalue weighted by Crippen LogP contribution is 2.54. The number of hydrogen-bond acceptors (Lipinski definition) is 5. The predicted molar refractivity (Wildman–Crippen MR) is 108 cm³/mol. The van der Waals surface area contributed by atoms with Crippen molar-refractivity contribution >= 4 is 35.2 Å². The van der Waals surface area contributed by atoms with Gasteiger partial charge in [-0.3, -0.25) is 24.6 Å². The average Bonchev–Trinajstić information content (AvgIpc) is 3.42. The lowest BCUT2D eigenvalue weighted by Gasteiger charge is -2.31. The first kappa shape index (κ1) is 18.2. The highest BCUT2D eigenvalue weighted by molar-refractivity contribution is 7.98. The summed E-state index contributed by atoms with van der Waals surface area (Å²) < 4.78 is 0. The summed E-state index contributed by atoms with van der Waals surface area (Å²) in [7, 11) is 0. The smallest absolute Gasteiger partial charge is 0.250 e. The van der Waals surface area contributed by atoms with Gasteiger partial charge in [0, 0.05) is 23.3 Å². The highest BCUT2D eigenvalue weighted by atomic mass is 32.2. The number of likely N-dealkylation sites (tertiary alicyclic amines) is 1. The van der Waals surface area contributed by atoms with Gasteiger partial charge in [-0.1, -0.05) is 31.0 Å². The van der Waals surface area contributed by atoms with Gasteiger partial charge in [-0.05, 0) is 37.3 Å². The van der Waals surface area contributed by atoms with Gasteiger partial charge in [-0.15, -0.1) is 0 Å². The SMILES string of the molecule is CSCC[C@H]1N[C@@]2(C(=O)Nc3ccccc32)[C@H]2C(=O)N(C3CCCC3)C(=O)[C@@H]12. The molecule has 3 fully saturated rings. The molecule has 4 aliphatic rings. The lowest BCUT2D eigenvalue weighted by atomic mass is 9.76. The Balaban J connectivity index is 1.61. The number of anilines is 1. The maximum Gasteiger partial charge on any atom is 0.250 e. The van der Waals surface area contributed by atoms with Crippen molar-refractivity contribution in [3.05, 3.63) is 29.8 Å². The monoisotopic (exact) mass is 399 g/mol. The van der Waals surface area contributed by atoms with Crippen molar-refractivity contribution in [1.29, 1.82) is 0 Å². The second-order valence-electron chi connectivity index (χ2n) is 8.33. The maximum absolute atomic E-state index is 13.6. The first-order chi connectivity index (χ1) is 13.6. The van der Waals surface area contributed by atoms with Crippen molar-refractivity contribution in [2.45, 2.75) is 49.7 Å². The van der Waals surface area contributed by atoms with E-state index in [-0.39, 0.29) is 29.8 Å². The van der Waals surface area contributed by atoms with E-state index < -0.39 is 17.4 Å². The standard InChI is InChI=1S/C21H25N3O3S/c1-28-11-10-15-16-17(19(26)24(18(16)25)12-6-2-3-7-12)21(23-15)13-8-4-5-9-14(13)22-20(21)27/h4-5,8-9,12,15-17,23H,2-3,6-7,10-11H2,1H3,(H,22,27)/t15-,16+,17-,21-/m1/s1. The number of fused-ring (bicyclic) bond motifs is 4. The van der Waals surface area contributed by atoms with Gasteiger partial charge in [0.05, 0.1) is 11.8 Å². The van der Waals surface area contributed by atoms with Crippen molar-refractivity contribution in [3.8, 4) is 0 Å². The Labute approximate surface area is 168 Å². The highest BCUT2D eigenvalue weighted by Gasteiger charge is 2.70. The second-order valence-corrected chi connectivity index (χ2v) is 9.31. The van der Waals surface area contributed by atoms with Crippen LogP contribution in [-0.2, 0) is 19.9 Å². The third kappa shape index (κ3) is 2.29.